The van der Waals surface area contributed by atoms with Gasteiger partial charge in [0.2, 0.25) is 10.0 Å². The predicted molar refractivity (Wildman–Crippen MR) is 95.8 cm³/mol. The fraction of sp³-hybridized carbons (Fsp3) is 0.647. The second kappa shape index (κ2) is 7.97. The third-order valence-electron chi connectivity index (χ3n) is 5.06. The van der Waals surface area contributed by atoms with E-state index < -0.39 is 10.0 Å². The Bertz CT molecular complexity index is 590. The molecule has 2 aliphatic rings. The monoisotopic (exact) mass is 358 g/mol. The summed E-state index contributed by atoms with van der Waals surface area (Å²) in [5, 5.41) is 0. The van der Waals surface area contributed by atoms with Gasteiger partial charge in [0.25, 0.3) is 0 Å². The first kappa shape index (κ1) is 18.7. The average Bonchev–Trinajstić information content (AvgIpc) is 2.56. The van der Waals surface area contributed by atoms with Crippen LogP contribution in [-0.4, -0.2) is 50.8 Å². The van der Waals surface area contributed by atoms with Gasteiger partial charge in [-0.15, -0.1) is 12.4 Å². The Balaban J connectivity index is 0.00000192. The van der Waals surface area contributed by atoms with Gasteiger partial charge in [0, 0.05) is 26.2 Å². The quantitative estimate of drug-likeness (QED) is 0.833. The summed E-state index contributed by atoms with van der Waals surface area (Å²) in [6.07, 6.45) is 6.42. The van der Waals surface area contributed by atoms with Crippen molar-refractivity contribution in [1.82, 2.24) is 9.21 Å². The van der Waals surface area contributed by atoms with Gasteiger partial charge in [-0.05, 0) is 43.5 Å². The van der Waals surface area contributed by atoms with Gasteiger partial charge in [0.05, 0.1) is 4.90 Å². The summed E-state index contributed by atoms with van der Waals surface area (Å²) in [5.41, 5.74) is 1.30. The molecule has 0 spiro atoms. The van der Waals surface area contributed by atoms with Crippen LogP contribution in [0.5, 0.6) is 0 Å². The van der Waals surface area contributed by atoms with Crippen LogP contribution in [-0.2, 0) is 10.0 Å². The first-order valence-corrected chi connectivity index (χ1v) is 9.80. The molecular formula is C17H27ClN2O2S. The lowest BCUT2D eigenvalue weighted by Gasteiger charge is -2.31. The second-order valence-corrected chi connectivity index (χ2v) is 8.55. The molecule has 0 amide bonds. The topological polar surface area (TPSA) is 40.6 Å². The molecule has 1 aromatic rings. The summed E-state index contributed by atoms with van der Waals surface area (Å²) < 4.78 is 27.0. The molecule has 0 atom stereocenters. The highest BCUT2D eigenvalue weighted by Gasteiger charge is 2.27. The number of rotatable bonds is 3. The van der Waals surface area contributed by atoms with Gasteiger partial charge in [-0.3, -0.25) is 0 Å². The Hall–Kier alpha value is -0.620. The van der Waals surface area contributed by atoms with Gasteiger partial charge in [-0.2, -0.15) is 4.31 Å². The lowest BCUT2D eigenvalue weighted by atomic mass is 9.84. The van der Waals surface area contributed by atoms with Gasteiger partial charge in [0.15, 0.2) is 0 Å². The second-order valence-electron chi connectivity index (χ2n) is 6.61. The highest BCUT2D eigenvalue weighted by atomic mass is 35.5. The van der Waals surface area contributed by atoms with Gasteiger partial charge in [0.1, 0.15) is 0 Å². The van der Waals surface area contributed by atoms with Crippen molar-refractivity contribution >= 4 is 22.4 Å². The Kier molecular flexibility index (Phi) is 6.48. The van der Waals surface area contributed by atoms with E-state index in [1.807, 2.05) is 19.2 Å². The van der Waals surface area contributed by atoms with Crippen molar-refractivity contribution in [3.8, 4) is 0 Å². The number of hydrogen-bond acceptors (Lipinski definition) is 3. The van der Waals surface area contributed by atoms with E-state index in [-0.39, 0.29) is 12.4 Å². The minimum absolute atomic E-state index is 0. The largest absolute Gasteiger partial charge is 0.304 e. The van der Waals surface area contributed by atoms with Gasteiger partial charge >= 0.3 is 0 Å². The van der Waals surface area contributed by atoms with E-state index >= 15 is 0 Å². The van der Waals surface area contributed by atoms with Crippen molar-refractivity contribution in [2.75, 3.05) is 33.2 Å². The van der Waals surface area contributed by atoms with Crippen molar-refractivity contribution in [3.05, 3.63) is 29.8 Å². The number of nitrogens with zero attached hydrogens (tertiary/aromatic N) is 2. The summed E-state index contributed by atoms with van der Waals surface area (Å²) in [4.78, 5) is 2.61. The summed E-state index contributed by atoms with van der Waals surface area (Å²) >= 11 is 0. The number of likely N-dealkylation sites (N-methyl/N-ethyl adjacent to an activating group) is 1. The number of piperazine rings is 1. The molecule has 1 saturated heterocycles. The van der Waals surface area contributed by atoms with E-state index in [2.05, 4.69) is 4.90 Å². The molecule has 0 N–H and O–H groups in total. The molecule has 23 heavy (non-hydrogen) atoms. The highest BCUT2D eigenvalue weighted by molar-refractivity contribution is 7.89. The van der Waals surface area contributed by atoms with Crippen molar-refractivity contribution in [3.63, 3.8) is 0 Å². The van der Waals surface area contributed by atoms with E-state index in [4.69, 9.17) is 0 Å². The summed E-state index contributed by atoms with van der Waals surface area (Å²) in [6, 6.07) is 7.66. The van der Waals surface area contributed by atoms with E-state index in [0.717, 1.165) is 13.1 Å². The number of benzene rings is 1. The molecule has 0 unspecified atom stereocenters. The highest BCUT2D eigenvalue weighted by Crippen LogP contribution is 2.33. The van der Waals surface area contributed by atoms with Crippen LogP contribution in [0.15, 0.2) is 29.2 Å². The van der Waals surface area contributed by atoms with E-state index in [1.165, 1.54) is 37.7 Å². The molecular weight excluding hydrogens is 332 g/mol. The number of halogens is 1. The molecule has 1 aliphatic carbocycles. The molecule has 1 aromatic carbocycles. The molecule has 130 valence electrons. The maximum atomic E-state index is 12.7. The maximum Gasteiger partial charge on any atom is 0.243 e. The molecule has 4 nitrogen and oxygen atoms in total. The molecule has 1 saturated carbocycles. The van der Waals surface area contributed by atoms with E-state index in [0.29, 0.717) is 23.9 Å². The number of sulfonamides is 1. The summed E-state index contributed by atoms with van der Waals surface area (Å²) in [6.45, 7) is 2.78. The fourth-order valence-electron chi connectivity index (χ4n) is 3.53. The minimum atomic E-state index is -3.33. The van der Waals surface area contributed by atoms with Crippen LogP contribution >= 0.6 is 12.4 Å². The zero-order valence-electron chi connectivity index (χ0n) is 13.8. The minimum Gasteiger partial charge on any atom is -0.304 e. The van der Waals surface area contributed by atoms with Crippen molar-refractivity contribution in [2.45, 2.75) is 42.9 Å². The van der Waals surface area contributed by atoms with Crippen LogP contribution in [0.4, 0.5) is 0 Å². The molecule has 0 aromatic heterocycles. The first-order valence-electron chi connectivity index (χ1n) is 8.36. The van der Waals surface area contributed by atoms with Crippen molar-refractivity contribution in [2.24, 2.45) is 0 Å². The molecule has 1 aliphatic heterocycles. The molecule has 6 heteroatoms. The Morgan fingerprint density at radius 1 is 0.913 bits per heavy atom. The maximum absolute atomic E-state index is 12.7. The standard InChI is InChI=1S/C17H26N2O2S.ClH/c1-18-11-13-19(14-12-18)22(20,21)17-9-7-16(8-10-17)15-5-3-2-4-6-15;/h7-10,15H,2-6,11-14H2,1H3;1H. The predicted octanol–water partition coefficient (Wildman–Crippen LogP) is 3.09. The van der Waals surface area contributed by atoms with Gasteiger partial charge in [-0.1, -0.05) is 31.4 Å². The lowest BCUT2D eigenvalue weighted by Crippen LogP contribution is -2.46. The third kappa shape index (κ3) is 4.27. The third-order valence-corrected chi connectivity index (χ3v) is 6.97. The van der Waals surface area contributed by atoms with Crippen molar-refractivity contribution in [1.29, 1.82) is 0 Å². The van der Waals surface area contributed by atoms with Crippen LogP contribution in [0, 0.1) is 0 Å². The summed E-state index contributed by atoms with van der Waals surface area (Å²) in [5.74, 6) is 0.620. The Morgan fingerprint density at radius 3 is 2.04 bits per heavy atom. The zero-order chi connectivity index (χ0) is 15.6. The van der Waals surface area contributed by atoms with Crippen LogP contribution in [0.3, 0.4) is 0 Å². The van der Waals surface area contributed by atoms with Crippen LogP contribution < -0.4 is 0 Å². The smallest absolute Gasteiger partial charge is 0.243 e. The average molecular weight is 359 g/mol. The van der Waals surface area contributed by atoms with E-state index in [9.17, 15) is 8.42 Å². The normalized spacial score (nSPS) is 21.8. The van der Waals surface area contributed by atoms with E-state index in [1.54, 1.807) is 16.4 Å². The molecule has 0 bridgehead atoms. The fourth-order valence-corrected chi connectivity index (χ4v) is 4.95. The molecule has 1 heterocycles. The van der Waals surface area contributed by atoms with Gasteiger partial charge in [-0.25, -0.2) is 8.42 Å². The zero-order valence-corrected chi connectivity index (χ0v) is 15.4. The van der Waals surface area contributed by atoms with Gasteiger partial charge < -0.3 is 4.90 Å². The lowest BCUT2D eigenvalue weighted by molar-refractivity contribution is 0.222. The Morgan fingerprint density at radius 2 is 1.48 bits per heavy atom. The molecule has 2 fully saturated rings. The summed E-state index contributed by atoms with van der Waals surface area (Å²) in [7, 11) is -1.30. The Labute approximate surface area is 146 Å². The van der Waals surface area contributed by atoms with Crippen LogP contribution in [0.2, 0.25) is 0 Å². The molecule has 0 radical (unpaired) electrons. The first-order chi connectivity index (χ1) is 10.6. The van der Waals surface area contributed by atoms with Crippen molar-refractivity contribution < 1.29 is 8.42 Å². The molecule has 3 rings (SSSR count). The van der Waals surface area contributed by atoms with Crippen LogP contribution in [0.25, 0.3) is 0 Å². The SMILES string of the molecule is CN1CCN(S(=O)(=O)c2ccc(C3CCCCC3)cc2)CC1.Cl. The van der Waals surface area contributed by atoms with Crippen LogP contribution in [0.1, 0.15) is 43.6 Å². The number of hydrogen-bond donors (Lipinski definition) is 0.